The van der Waals surface area contributed by atoms with Crippen LogP contribution in [0.5, 0.6) is 0 Å². The van der Waals surface area contributed by atoms with Crippen LogP contribution in [0.15, 0.2) is 47.4 Å². The van der Waals surface area contributed by atoms with Gasteiger partial charge in [0.1, 0.15) is 0 Å². The minimum Gasteiger partial charge on any atom is -0.385 e. The molecule has 3 rings (SSSR count). The molecule has 1 saturated heterocycles. The van der Waals surface area contributed by atoms with E-state index in [-0.39, 0.29) is 22.6 Å². The third kappa shape index (κ3) is 6.57. The Morgan fingerprint density at radius 2 is 1.74 bits per heavy atom. The molecule has 2 amide bonds. The lowest BCUT2D eigenvalue weighted by Gasteiger charge is -2.31. The number of benzene rings is 2. The quantitative estimate of drug-likeness (QED) is 0.529. The molecule has 0 aliphatic carbocycles. The van der Waals surface area contributed by atoms with Gasteiger partial charge in [0.25, 0.3) is 15.9 Å². The van der Waals surface area contributed by atoms with Crippen molar-refractivity contribution in [1.29, 1.82) is 0 Å². The van der Waals surface area contributed by atoms with E-state index >= 15 is 0 Å². The predicted molar refractivity (Wildman–Crippen MR) is 131 cm³/mol. The van der Waals surface area contributed by atoms with E-state index in [4.69, 9.17) is 4.74 Å². The fraction of sp³-hybridized carbons (Fsp3) is 0.440. The second-order valence-corrected chi connectivity index (χ2v) is 10.3. The molecule has 0 bridgehead atoms. The molecular formula is C25H33N3O5S. The van der Waals surface area contributed by atoms with E-state index in [9.17, 15) is 18.0 Å². The largest absolute Gasteiger partial charge is 0.385 e. The summed E-state index contributed by atoms with van der Waals surface area (Å²) in [4.78, 5) is 27.2. The number of carbonyl (C=O) groups is 2. The van der Waals surface area contributed by atoms with E-state index in [0.717, 1.165) is 12.0 Å². The zero-order valence-electron chi connectivity index (χ0n) is 20.0. The number of amides is 2. The van der Waals surface area contributed by atoms with Crippen LogP contribution in [-0.4, -0.2) is 58.5 Å². The average Bonchev–Trinajstić information content (AvgIpc) is 2.83. The second kappa shape index (κ2) is 11.5. The summed E-state index contributed by atoms with van der Waals surface area (Å²) in [6, 6.07) is 11.7. The molecule has 0 unspecified atom stereocenters. The number of ether oxygens (including phenoxy) is 1. The van der Waals surface area contributed by atoms with Crippen LogP contribution in [-0.2, 0) is 19.6 Å². The monoisotopic (exact) mass is 487 g/mol. The lowest BCUT2D eigenvalue weighted by Crippen LogP contribution is -2.43. The summed E-state index contributed by atoms with van der Waals surface area (Å²) in [6.45, 7) is 5.82. The van der Waals surface area contributed by atoms with Crippen LogP contribution in [0.2, 0.25) is 0 Å². The van der Waals surface area contributed by atoms with E-state index in [0.29, 0.717) is 55.9 Å². The molecule has 0 radical (unpaired) electrons. The number of nitrogens with one attached hydrogen (secondary N) is 2. The van der Waals surface area contributed by atoms with Gasteiger partial charge >= 0.3 is 0 Å². The Morgan fingerprint density at radius 1 is 1.06 bits per heavy atom. The molecule has 2 N–H and O–H groups in total. The fourth-order valence-electron chi connectivity index (χ4n) is 3.99. The fourth-order valence-corrected chi connectivity index (χ4v) is 5.38. The van der Waals surface area contributed by atoms with Gasteiger partial charge in [0.15, 0.2) is 0 Å². The first-order chi connectivity index (χ1) is 16.2. The normalized spacial score (nSPS) is 14.6. The summed E-state index contributed by atoms with van der Waals surface area (Å²) >= 11 is 0. The first-order valence-electron chi connectivity index (χ1n) is 11.5. The number of carbonyl (C=O) groups excluding carboxylic acids is 2. The minimum absolute atomic E-state index is 0.0312. The first kappa shape index (κ1) is 25.7. The first-order valence-corrected chi connectivity index (χ1v) is 13.0. The maximum Gasteiger partial charge on any atom is 0.262 e. The molecule has 9 heteroatoms. The Kier molecular flexibility index (Phi) is 8.68. The minimum atomic E-state index is -3.73. The van der Waals surface area contributed by atoms with Crippen LogP contribution in [0.3, 0.4) is 0 Å². The number of methoxy groups -OCH3 is 1. The van der Waals surface area contributed by atoms with Gasteiger partial charge in [-0.2, -0.15) is 0 Å². The lowest BCUT2D eigenvalue weighted by molar-refractivity contribution is -0.126. The van der Waals surface area contributed by atoms with Crippen molar-refractivity contribution in [3.8, 4) is 0 Å². The van der Waals surface area contributed by atoms with Crippen molar-refractivity contribution in [2.75, 3.05) is 38.1 Å². The number of sulfonamides is 1. The van der Waals surface area contributed by atoms with Crippen molar-refractivity contribution in [1.82, 2.24) is 10.2 Å². The van der Waals surface area contributed by atoms with Crippen LogP contribution in [0.1, 0.15) is 40.7 Å². The van der Waals surface area contributed by atoms with Crippen LogP contribution >= 0.6 is 0 Å². The molecule has 184 valence electrons. The Balaban J connectivity index is 1.55. The van der Waals surface area contributed by atoms with Crippen molar-refractivity contribution >= 4 is 27.5 Å². The Bertz CT molecular complexity index is 1110. The van der Waals surface area contributed by atoms with E-state index in [1.54, 1.807) is 55.3 Å². The van der Waals surface area contributed by atoms with E-state index in [2.05, 4.69) is 10.0 Å². The topological polar surface area (TPSA) is 105 Å². The number of anilines is 1. The molecule has 1 heterocycles. The number of aryl methyl sites for hydroxylation is 2. The van der Waals surface area contributed by atoms with Gasteiger partial charge in [0, 0.05) is 50.5 Å². The van der Waals surface area contributed by atoms with Gasteiger partial charge in [-0.05, 0) is 74.6 Å². The zero-order valence-corrected chi connectivity index (χ0v) is 20.8. The number of piperidine rings is 1. The summed E-state index contributed by atoms with van der Waals surface area (Å²) in [6.07, 6.45) is 2.02. The third-order valence-electron chi connectivity index (χ3n) is 5.99. The highest BCUT2D eigenvalue weighted by atomic mass is 32.2. The smallest absolute Gasteiger partial charge is 0.262 e. The molecule has 2 aromatic carbocycles. The van der Waals surface area contributed by atoms with E-state index in [1.165, 1.54) is 0 Å². The summed E-state index contributed by atoms with van der Waals surface area (Å²) in [5, 5.41) is 2.93. The number of hydrogen-bond acceptors (Lipinski definition) is 5. The van der Waals surface area contributed by atoms with Gasteiger partial charge in [-0.15, -0.1) is 0 Å². The Labute approximate surface area is 201 Å². The third-order valence-corrected chi connectivity index (χ3v) is 7.52. The molecule has 2 aromatic rings. The molecule has 1 aliphatic heterocycles. The molecule has 1 fully saturated rings. The second-order valence-electron chi connectivity index (χ2n) is 8.66. The summed E-state index contributed by atoms with van der Waals surface area (Å²) in [7, 11) is -2.10. The summed E-state index contributed by atoms with van der Waals surface area (Å²) in [5.74, 6) is -0.181. The van der Waals surface area contributed by atoms with E-state index < -0.39 is 10.0 Å². The molecule has 1 aliphatic rings. The Morgan fingerprint density at radius 3 is 2.38 bits per heavy atom. The van der Waals surface area contributed by atoms with Crippen LogP contribution in [0.4, 0.5) is 5.69 Å². The van der Waals surface area contributed by atoms with E-state index in [1.807, 2.05) is 13.0 Å². The molecule has 8 nitrogen and oxygen atoms in total. The number of nitrogens with zero attached hydrogens (tertiary/aromatic N) is 1. The zero-order chi connectivity index (χ0) is 24.7. The van der Waals surface area contributed by atoms with Crippen molar-refractivity contribution in [3.63, 3.8) is 0 Å². The highest BCUT2D eigenvalue weighted by Crippen LogP contribution is 2.23. The van der Waals surface area contributed by atoms with Gasteiger partial charge in [-0.3, -0.25) is 14.3 Å². The van der Waals surface area contributed by atoms with Gasteiger partial charge in [0.05, 0.1) is 4.90 Å². The standard InChI is InChI=1S/C25H33N3O5S/c1-18-5-6-19(2)23(17-18)34(31,32)27-22-9-7-21(8-10-22)25(30)28-14-11-20(12-15-28)24(29)26-13-4-16-33-3/h5-10,17,20,27H,4,11-16H2,1-3H3,(H,26,29). The molecule has 0 spiro atoms. The summed E-state index contributed by atoms with van der Waals surface area (Å²) in [5.41, 5.74) is 2.40. The lowest BCUT2D eigenvalue weighted by atomic mass is 9.95. The average molecular weight is 488 g/mol. The van der Waals surface area contributed by atoms with Gasteiger partial charge in [-0.25, -0.2) is 8.42 Å². The molecule has 0 saturated carbocycles. The van der Waals surface area contributed by atoms with Crippen LogP contribution in [0.25, 0.3) is 0 Å². The number of likely N-dealkylation sites (tertiary alicyclic amines) is 1. The predicted octanol–water partition coefficient (Wildman–Crippen LogP) is 3.11. The number of hydrogen-bond donors (Lipinski definition) is 2. The Hall–Kier alpha value is -2.91. The van der Waals surface area contributed by atoms with Crippen LogP contribution < -0.4 is 10.0 Å². The molecular weight excluding hydrogens is 454 g/mol. The number of rotatable bonds is 9. The highest BCUT2D eigenvalue weighted by molar-refractivity contribution is 7.92. The van der Waals surface area contributed by atoms with Gasteiger partial charge in [0.2, 0.25) is 5.91 Å². The molecule has 0 aromatic heterocycles. The molecule has 0 atom stereocenters. The van der Waals surface area contributed by atoms with Gasteiger partial charge in [-0.1, -0.05) is 12.1 Å². The van der Waals surface area contributed by atoms with Gasteiger partial charge < -0.3 is 15.0 Å². The maximum absolute atomic E-state index is 12.9. The van der Waals surface area contributed by atoms with Crippen molar-refractivity contribution < 1.29 is 22.7 Å². The SMILES string of the molecule is COCCCNC(=O)C1CCN(C(=O)c2ccc(NS(=O)(=O)c3cc(C)ccc3C)cc2)CC1. The molecule has 34 heavy (non-hydrogen) atoms. The van der Waals surface area contributed by atoms with Crippen molar-refractivity contribution in [2.45, 2.75) is 38.0 Å². The maximum atomic E-state index is 12.9. The van der Waals surface area contributed by atoms with Crippen molar-refractivity contribution in [3.05, 3.63) is 59.2 Å². The summed E-state index contributed by atoms with van der Waals surface area (Å²) < 4.78 is 33.2. The van der Waals surface area contributed by atoms with Crippen LogP contribution in [0, 0.1) is 19.8 Å². The van der Waals surface area contributed by atoms with Crippen molar-refractivity contribution in [2.24, 2.45) is 5.92 Å². The highest BCUT2D eigenvalue weighted by Gasteiger charge is 2.27.